The lowest BCUT2D eigenvalue weighted by atomic mass is 9.96. The predicted octanol–water partition coefficient (Wildman–Crippen LogP) is 3.22. The fourth-order valence-corrected chi connectivity index (χ4v) is 3.41. The van der Waals surface area contributed by atoms with Crippen LogP contribution >= 0.6 is 0 Å². The van der Waals surface area contributed by atoms with Gasteiger partial charge in [0.25, 0.3) is 0 Å². The van der Waals surface area contributed by atoms with Crippen molar-refractivity contribution in [3.63, 3.8) is 0 Å². The summed E-state index contributed by atoms with van der Waals surface area (Å²) in [6, 6.07) is 2.83. The van der Waals surface area contributed by atoms with Gasteiger partial charge in [-0.05, 0) is 38.3 Å². The molecular formula is C16H29N3. The molecule has 0 bridgehead atoms. The van der Waals surface area contributed by atoms with Gasteiger partial charge in [0.05, 0.1) is 5.69 Å². The van der Waals surface area contributed by atoms with Gasteiger partial charge in [-0.2, -0.15) is 5.10 Å². The second-order valence-electron chi connectivity index (χ2n) is 6.09. The Kier molecular flexibility index (Phi) is 5.44. The largest absolute Gasteiger partial charge is 0.314 e. The third-order valence-corrected chi connectivity index (χ3v) is 4.45. The smallest absolute Gasteiger partial charge is 0.0596 e. The molecule has 1 fully saturated rings. The molecule has 2 rings (SSSR count). The van der Waals surface area contributed by atoms with Gasteiger partial charge in [-0.1, -0.05) is 32.6 Å². The summed E-state index contributed by atoms with van der Waals surface area (Å²) in [5.74, 6) is 0.995. The first kappa shape index (κ1) is 14.6. The van der Waals surface area contributed by atoms with Gasteiger partial charge in [0, 0.05) is 25.2 Å². The molecule has 1 saturated carbocycles. The van der Waals surface area contributed by atoms with E-state index in [9.17, 15) is 0 Å². The number of aromatic nitrogens is 2. The van der Waals surface area contributed by atoms with E-state index in [1.165, 1.54) is 44.2 Å². The van der Waals surface area contributed by atoms with Gasteiger partial charge in [0.1, 0.15) is 0 Å². The molecule has 1 aromatic heterocycles. The summed E-state index contributed by atoms with van der Waals surface area (Å²) >= 11 is 0. The fraction of sp³-hybridized carbons (Fsp3) is 0.812. The Labute approximate surface area is 117 Å². The van der Waals surface area contributed by atoms with Crippen molar-refractivity contribution in [2.24, 2.45) is 13.0 Å². The quantitative estimate of drug-likeness (QED) is 0.818. The van der Waals surface area contributed by atoms with Crippen molar-refractivity contribution >= 4 is 0 Å². The normalized spacial score (nSPS) is 18.1. The fourth-order valence-electron chi connectivity index (χ4n) is 3.41. The molecule has 0 aromatic carbocycles. The monoisotopic (exact) mass is 263 g/mol. The highest BCUT2D eigenvalue weighted by molar-refractivity contribution is 5.10. The summed E-state index contributed by atoms with van der Waals surface area (Å²) in [4.78, 5) is 0. The minimum atomic E-state index is 0.611. The van der Waals surface area contributed by atoms with E-state index >= 15 is 0 Å². The molecule has 0 spiro atoms. The minimum Gasteiger partial charge on any atom is -0.314 e. The Morgan fingerprint density at radius 1 is 1.42 bits per heavy atom. The molecule has 108 valence electrons. The Morgan fingerprint density at radius 2 is 2.16 bits per heavy atom. The number of nitrogens with one attached hydrogen (secondary N) is 1. The predicted molar refractivity (Wildman–Crippen MR) is 80.3 cm³/mol. The molecule has 0 saturated heterocycles. The summed E-state index contributed by atoms with van der Waals surface area (Å²) in [5, 5.41) is 8.10. The van der Waals surface area contributed by atoms with Crippen LogP contribution in [0.1, 0.15) is 56.8 Å². The Hall–Kier alpha value is -0.830. The van der Waals surface area contributed by atoms with Crippen LogP contribution in [0, 0.1) is 12.8 Å². The van der Waals surface area contributed by atoms with E-state index in [1.54, 1.807) is 0 Å². The van der Waals surface area contributed by atoms with Gasteiger partial charge in [-0.25, -0.2) is 0 Å². The standard InChI is InChI=1S/C16H29N3/c1-4-17-15(10-9-14-7-5-6-8-14)12-16-11-13(2)18-19(16)3/h11,14-15,17H,4-10,12H2,1-3H3. The van der Waals surface area contributed by atoms with Crippen molar-refractivity contribution in [2.75, 3.05) is 6.54 Å². The third-order valence-electron chi connectivity index (χ3n) is 4.45. The van der Waals surface area contributed by atoms with Crippen molar-refractivity contribution in [1.82, 2.24) is 15.1 Å². The third kappa shape index (κ3) is 4.34. The Morgan fingerprint density at radius 3 is 2.74 bits per heavy atom. The summed E-state index contributed by atoms with van der Waals surface area (Å²) in [7, 11) is 2.06. The highest BCUT2D eigenvalue weighted by Gasteiger charge is 2.18. The Bertz CT molecular complexity index is 377. The van der Waals surface area contributed by atoms with Crippen molar-refractivity contribution in [3.05, 3.63) is 17.5 Å². The van der Waals surface area contributed by atoms with Crippen LogP contribution < -0.4 is 5.32 Å². The molecule has 1 atom stereocenters. The topological polar surface area (TPSA) is 29.9 Å². The summed E-state index contributed by atoms with van der Waals surface area (Å²) < 4.78 is 2.04. The molecule has 1 aliphatic carbocycles. The first-order valence-corrected chi connectivity index (χ1v) is 7.92. The first-order valence-electron chi connectivity index (χ1n) is 7.92. The van der Waals surface area contributed by atoms with Gasteiger partial charge >= 0.3 is 0 Å². The van der Waals surface area contributed by atoms with Gasteiger partial charge in [0.15, 0.2) is 0 Å². The van der Waals surface area contributed by atoms with E-state index in [4.69, 9.17) is 0 Å². The van der Waals surface area contributed by atoms with Crippen LogP contribution in [0.2, 0.25) is 0 Å². The molecule has 3 nitrogen and oxygen atoms in total. The van der Waals surface area contributed by atoms with Gasteiger partial charge in [0.2, 0.25) is 0 Å². The zero-order chi connectivity index (χ0) is 13.7. The molecule has 19 heavy (non-hydrogen) atoms. The van der Waals surface area contributed by atoms with E-state index in [1.807, 2.05) is 4.68 Å². The highest BCUT2D eigenvalue weighted by atomic mass is 15.3. The van der Waals surface area contributed by atoms with Crippen molar-refractivity contribution in [2.45, 2.75) is 64.8 Å². The zero-order valence-corrected chi connectivity index (χ0v) is 12.8. The average Bonchev–Trinajstić information content (AvgIpc) is 2.97. The van der Waals surface area contributed by atoms with E-state index in [0.29, 0.717) is 6.04 Å². The second-order valence-corrected chi connectivity index (χ2v) is 6.09. The molecule has 1 aliphatic rings. The number of aryl methyl sites for hydroxylation is 2. The van der Waals surface area contributed by atoms with Crippen LogP contribution in [0.5, 0.6) is 0 Å². The van der Waals surface area contributed by atoms with Crippen molar-refractivity contribution in [3.8, 4) is 0 Å². The van der Waals surface area contributed by atoms with E-state index in [-0.39, 0.29) is 0 Å². The van der Waals surface area contributed by atoms with Gasteiger partial charge in [-0.3, -0.25) is 4.68 Å². The lowest BCUT2D eigenvalue weighted by Gasteiger charge is -2.19. The van der Waals surface area contributed by atoms with Crippen molar-refractivity contribution < 1.29 is 0 Å². The van der Waals surface area contributed by atoms with Crippen LogP contribution in [0.4, 0.5) is 0 Å². The number of hydrogen-bond donors (Lipinski definition) is 1. The molecule has 0 radical (unpaired) electrons. The maximum atomic E-state index is 4.45. The maximum absolute atomic E-state index is 4.45. The SMILES string of the molecule is CCNC(CCC1CCCC1)Cc1cc(C)nn1C. The van der Waals surface area contributed by atoms with E-state index in [2.05, 4.69) is 37.4 Å². The number of nitrogens with zero attached hydrogens (tertiary/aromatic N) is 2. The van der Waals surface area contributed by atoms with Crippen LogP contribution in [0.15, 0.2) is 6.07 Å². The number of likely N-dealkylation sites (N-methyl/N-ethyl adjacent to an activating group) is 1. The first-order chi connectivity index (χ1) is 9.19. The number of hydrogen-bond acceptors (Lipinski definition) is 2. The lowest BCUT2D eigenvalue weighted by Crippen LogP contribution is -2.32. The summed E-state index contributed by atoms with van der Waals surface area (Å²) in [6.45, 7) is 5.34. The molecular weight excluding hydrogens is 234 g/mol. The molecule has 0 aliphatic heterocycles. The van der Waals surface area contributed by atoms with Crippen LogP contribution in [0.25, 0.3) is 0 Å². The Balaban J connectivity index is 1.86. The zero-order valence-electron chi connectivity index (χ0n) is 12.8. The van der Waals surface area contributed by atoms with Crippen molar-refractivity contribution in [1.29, 1.82) is 0 Å². The van der Waals surface area contributed by atoms with Gasteiger partial charge < -0.3 is 5.32 Å². The summed E-state index contributed by atoms with van der Waals surface area (Å²) in [6.07, 6.45) is 9.65. The molecule has 1 unspecified atom stereocenters. The average molecular weight is 263 g/mol. The van der Waals surface area contributed by atoms with Crippen LogP contribution in [-0.2, 0) is 13.5 Å². The maximum Gasteiger partial charge on any atom is 0.0596 e. The highest BCUT2D eigenvalue weighted by Crippen LogP contribution is 2.29. The molecule has 1 heterocycles. The summed E-state index contributed by atoms with van der Waals surface area (Å²) in [5.41, 5.74) is 2.48. The molecule has 1 N–H and O–H groups in total. The van der Waals surface area contributed by atoms with Gasteiger partial charge in [-0.15, -0.1) is 0 Å². The van der Waals surface area contributed by atoms with E-state index in [0.717, 1.165) is 24.6 Å². The lowest BCUT2D eigenvalue weighted by molar-refractivity contribution is 0.402. The van der Waals surface area contributed by atoms with Crippen LogP contribution in [-0.4, -0.2) is 22.4 Å². The molecule has 0 amide bonds. The molecule has 3 heteroatoms. The van der Waals surface area contributed by atoms with E-state index < -0.39 is 0 Å². The number of rotatable bonds is 7. The molecule has 1 aromatic rings. The minimum absolute atomic E-state index is 0.611. The van der Waals surface area contributed by atoms with Crippen LogP contribution in [0.3, 0.4) is 0 Å². The second kappa shape index (κ2) is 7.09.